The van der Waals surface area contributed by atoms with Crippen molar-refractivity contribution in [1.82, 2.24) is 0 Å². The molecule has 0 amide bonds. The molecule has 66 valence electrons. The van der Waals surface area contributed by atoms with Crippen LogP contribution in [0.1, 0.15) is 26.2 Å². The third kappa shape index (κ3) is 1.92. The summed E-state index contributed by atoms with van der Waals surface area (Å²) < 4.78 is 5.27. The molecule has 3 heteroatoms. The predicted molar refractivity (Wildman–Crippen MR) is 45.2 cm³/mol. The minimum atomic E-state index is -0.230. The highest BCUT2D eigenvalue weighted by Crippen LogP contribution is 2.27. The molecular weight excluding hydrogens is 140 g/mol. The second-order valence-electron chi connectivity index (χ2n) is 3.77. The Bertz CT molecular complexity index is 136. The van der Waals surface area contributed by atoms with Gasteiger partial charge in [-0.25, -0.2) is 0 Å². The lowest BCUT2D eigenvalue weighted by atomic mass is 9.79. The number of hydrogen-bond acceptors (Lipinski definition) is 3. The third-order valence-corrected chi connectivity index (χ3v) is 2.52. The first-order chi connectivity index (χ1) is 5.06. The van der Waals surface area contributed by atoms with E-state index in [0.717, 1.165) is 19.3 Å². The SMILES string of the molecule is COC1CCC(N)CC1(C)N. The first-order valence-electron chi connectivity index (χ1n) is 4.13. The molecule has 0 radical (unpaired) electrons. The van der Waals surface area contributed by atoms with Crippen molar-refractivity contribution in [3.05, 3.63) is 0 Å². The molecule has 1 aliphatic rings. The summed E-state index contributed by atoms with van der Waals surface area (Å²) in [6, 6.07) is 0.261. The van der Waals surface area contributed by atoms with Gasteiger partial charge in [0.2, 0.25) is 0 Å². The summed E-state index contributed by atoms with van der Waals surface area (Å²) in [5.74, 6) is 0. The number of hydrogen-bond donors (Lipinski definition) is 2. The van der Waals surface area contributed by atoms with Crippen LogP contribution >= 0.6 is 0 Å². The van der Waals surface area contributed by atoms with E-state index in [1.165, 1.54) is 0 Å². The predicted octanol–water partition coefficient (Wildman–Crippen LogP) is 0.230. The highest BCUT2D eigenvalue weighted by atomic mass is 16.5. The molecule has 0 bridgehead atoms. The van der Waals surface area contributed by atoms with E-state index in [1.807, 2.05) is 6.92 Å². The molecule has 3 nitrogen and oxygen atoms in total. The highest BCUT2D eigenvalue weighted by Gasteiger charge is 2.35. The van der Waals surface area contributed by atoms with E-state index >= 15 is 0 Å². The lowest BCUT2D eigenvalue weighted by Crippen LogP contribution is -2.55. The van der Waals surface area contributed by atoms with Crippen molar-refractivity contribution in [2.45, 2.75) is 43.9 Å². The highest BCUT2D eigenvalue weighted by molar-refractivity contribution is 4.95. The van der Waals surface area contributed by atoms with Crippen LogP contribution in [0, 0.1) is 0 Å². The van der Waals surface area contributed by atoms with Gasteiger partial charge < -0.3 is 16.2 Å². The van der Waals surface area contributed by atoms with Gasteiger partial charge in [0.25, 0.3) is 0 Å². The van der Waals surface area contributed by atoms with Crippen LogP contribution in [0.25, 0.3) is 0 Å². The molecule has 1 fully saturated rings. The van der Waals surface area contributed by atoms with Gasteiger partial charge in [0, 0.05) is 18.7 Å². The van der Waals surface area contributed by atoms with Crippen molar-refractivity contribution >= 4 is 0 Å². The molecule has 11 heavy (non-hydrogen) atoms. The van der Waals surface area contributed by atoms with Gasteiger partial charge in [-0.15, -0.1) is 0 Å². The van der Waals surface area contributed by atoms with E-state index in [9.17, 15) is 0 Å². The van der Waals surface area contributed by atoms with Gasteiger partial charge in [-0.05, 0) is 26.2 Å². The molecule has 0 aromatic carbocycles. The zero-order valence-corrected chi connectivity index (χ0v) is 7.34. The number of rotatable bonds is 1. The van der Waals surface area contributed by atoms with Crippen LogP contribution in [0.3, 0.4) is 0 Å². The Morgan fingerprint density at radius 2 is 2.09 bits per heavy atom. The normalized spacial score (nSPS) is 45.8. The summed E-state index contributed by atoms with van der Waals surface area (Å²) in [5, 5.41) is 0. The average Bonchev–Trinajstić information content (AvgIpc) is 1.85. The summed E-state index contributed by atoms with van der Waals surface area (Å²) >= 11 is 0. The van der Waals surface area contributed by atoms with Gasteiger partial charge in [0.15, 0.2) is 0 Å². The third-order valence-electron chi connectivity index (χ3n) is 2.52. The minimum absolute atomic E-state index is 0.183. The van der Waals surface area contributed by atoms with Crippen molar-refractivity contribution < 1.29 is 4.74 Å². The van der Waals surface area contributed by atoms with Gasteiger partial charge in [-0.3, -0.25) is 0 Å². The second kappa shape index (κ2) is 3.09. The molecule has 0 spiro atoms. The number of ether oxygens (including phenoxy) is 1. The van der Waals surface area contributed by atoms with E-state index in [1.54, 1.807) is 7.11 Å². The lowest BCUT2D eigenvalue weighted by molar-refractivity contribution is 0.00902. The van der Waals surface area contributed by atoms with E-state index < -0.39 is 0 Å². The molecule has 1 rings (SSSR count). The van der Waals surface area contributed by atoms with Crippen LogP contribution in [-0.2, 0) is 4.74 Å². The Morgan fingerprint density at radius 1 is 1.45 bits per heavy atom. The quantitative estimate of drug-likeness (QED) is 0.574. The monoisotopic (exact) mass is 158 g/mol. The average molecular weight is 158 g/mol. The zero-order valence-electron chi connectivity index (χ0n) is 7.34. The van der Waals surface area contributed by atoms with Gasteiger partial charge in [-0.1, -0.05) is 0 Å². The van der Waals surface area contributed by atoms with Gasteiger partial charge >= 0.3 is 0 Å². The minimum Gasteiger partial charge on any atom is -0.380 e. The molecule has 0 aromatic rings. The summed E-state index contributed by atoms with van der Waals surface area (Å²) in [6.45, 7) is 2.01. The first-order valence-corrected chi connectivity index (χ1v) is 4.13. The molecule has 4 N–H and O–H groups in total. The Hall–Kier alpha value is -0.120. The van der Waals surface area contributed by atoms with Crippen molar-refractivity contribution in [2.75, 3.05) is 7.11 Å². The van der Waals surface area contributed by atoms with E-state index in [-0.39, 0.29) is 17.7 Å². The Morgan fingerprint density at radius 3 is 2.55 bits per heavy atom. The van der Waals surface area contributed by atoms with Gasteiger partial charge in [0.05, 0.1) is 6.10 Å². The first kappa shape index (κ1) is 8.97. The van der Waals surface area contributed by atoms with Crippen molar-refractivity contribution in [2.24, 2.45) is 11.5 Å². The van der Waals surface area contributed by atoms with Crippen molar-refractivity contribution in [3.8, 4) is 0 Å². The molecule has 1 saturated carbocycles. The van der Waals surface area contributed by atoms with Crippen molar-refractivity contribution in [3.63, 3.8) is 0 Å². The molecule has 0 aromatic heterocycles. The second-order valence-corrected chi connectivity index (χ2v) is 3.77. The summed E-state index contributed by atoms with van der Waals surface area (Å²) in [4.78, 5) is 0. The molecule has 3 atom stereocenters. The maximum atomic E-state index is 6.02. The molecule has 0 heterocycles. The van der Waals surface area contributed by atoms with E-state index in [2.05, 4.69) is 0 Å². The standard InChI is InChI=1S/C8H18N2O/c1-8(10)5-6(9)3-4-7(8)11-2/h6-7H,3-5,9-10H2,1-2H3. The van der Waals surface area contributed by atoms with Gasteiger partial charge in [0.1, 0.15) is 0 Å². The fourth-order valence-electron chi connectivity index (χ4n) is 1.88. The largest absolute Gasteiger partial charge is 0.380 e. The number of nitrogens with two attached hydrogens (primary N) is 2. The summed E-state index contributed by atoms with van der Waals surface area (Å²) in [6.07, 6.45) is 3.07. The number of methoxy groups -OCH3 is 1. The smallest absolute Gasteiger partial charge is 0.0749 e. The van der Waals surface area contributed by atoms with Crippen LogP contribution in [0.15, 0.2) is 0 Å². The van der Waals surface area contributed by atoms with E-state index in [0.29, 0.717) is 0 Å². The maximum absolute atomic E-state index is 6.02. The zero-order chi connectivity index (χ0) is 8.48. The summed E-state index contributed by atoms with van der Waals surface area (Å²) in [5.41, 5.74) is 11.6. The lowest BCUT2D eigenvalue weighted by Gasteiger charge is -2.39. The van der Waals surface area contributed by atoms with Crippen LogP contribution in [0.4, 0.5) is 0 Å². The van der Waals surface area contributed by atoms with E-state index in [4.69, 9.17) is 16.2 Å². The molecule has 0 aliphatic heterocycles. The molecule has 3 unspecified atom stereocenters. The topological polar surface area (TPSA) is 61.3 Å². The maximum Gasteiger partial charge on any atom is 0.0749 e. The molecule has 1 aliphatic carbocycles. The van der Waals surface area contributed by atoms with Gasteiger partial charge in [-0.2, -0.15) is 0 Å². The van der Waals surface area contributed by atoms with Crippen LogP contribution in [0.2, 0.25) is 0 Å². The van der Waals surface area contributed by atoms with Crippen LogP contribution < -0.4 is 11.5 Å². The fraction of sp³-hybridized carbons (Fsp3) is 1.00. The fourth-order valence-corrected chi connectivity index (χ4v) is 1.88. The van der Waals surface area contributed by atoms with Crippen LogP contribution in [0.5, 0.6) is 0 Å². The molecule has 0 saturated heterocycles. The molecular formula is C8H18N2O. The summed E-state index contributed by atoms with van der Waals surface area (Å²) in [7, 11) is 1.71. The Balaban J connectivity index is 2.56. The Kier molecular flexibility index (Phi) is 2.52. The Labute approximate surface area is 68.1 Å². The van der Waals surface area contributed by atoms with Crippen molar-refractivity contribution in [1.29, 1.82) is 0 Å². The van der Waals surface area contributed by atoms with Crippen LogP contribution in [-0.4, -0.2) is 24.8 Å².